The van der Waals surface area contributed by atoms with Crippen molar-refractivity contribution in [2.75, 3.05) is 6.54 Å². The number of hydrogen-bond acceptors (Lipinski definition) is 3. The number of hydrogen-bond donors (Lipinski definition) is 2. The van der Waals surface area contributed by atoms with Crippen molar-refractivity contribution < 1.29 is 14.7 Å². The highest BCUT2D eigenvalue weighted by Crippen LogP contribution is 2.24. The van der Waals surface area contributed by atoms with Gasteiger partial charge in [-0.25, -0.2) is 4.79 Å². The van der Waals surface area contributed by atoms with Gasteiger partial charge in [-0.05, 0) is 41.7 Å². The first-order valence-corrected chi connectivity index (χ1v) is 8.86. The van der Waals surface area contributed by atoms with Crippen molar-refractivity contribution in [3.05, 3.63) is 70.3 Å². The molecule has 0 fully saturated rings. The highest BCUT2D eigenvalue weighted by molar-refractivity contribution is 5.89. The van der Waals surface area contributed by atoms with E-state index in [-0.39, 0.29) is 11.9 Å². The topological polar surface area (TPSA) is 69.6 Å². The molecular formula is C21H24N2O3. The molecule has 0 radical (unpaired) electrons. The number of rotatable bonds is 5. The van der Waals surface area contributed by atoms with Crippen LogP contribution in [0.15, 0.2) is 42.5 Å². The van der Waals surface area contributed by atoms with Gasteiger partial charge in [-0.2, -0.15) is 0 Å². The molecule has 0 aliphatic carbocycles. The third-order valence-corrected chi connectivity index (χ3v) is 4.88. The van der Waals surface area contributed by atoms with Gasteiger partial charge in [-0.15, -0.1) is 0 Å². The number of benzene rings is 2. The first-order chi connectivity index (χ1) is 12.4. The average Bonchev–Trinajstić information content (AvgIpc) is 2.61. The Hall–Kier alpha value is -2.66. The van der Waals surface area contributed by atoms with Gasteiger partial charge in [-0.3, -0.25) is 9.69 Å². The molecule has 1 aliphatic rings. The molecule has 1 aliphatic heterocycles. The maximum Gasteiger partial charge on any atom is 0.335 e. The molecule has 0 saturated carbocycles. The number of fused-ring (bicyclic) bond motifs is 1. The van der Waals surface area contributed by atoms with E-state index >= 15 is 0 Å². The van der Waals surface area contributed by atoms with Gasteiger partial charge in [0, 0.05) is 26.6 Å². The van der Waals surface area contributed by atoms with E-state index in [2.05, 4.69) is 34.5 Å². The lowest BCUT2D eigenvalue weighted by molar-refractivity contribution is -0.119. The van der Waals surface area contributed by atoms with Crippen molar-refractivity contribution in [3.8, 4) is 0 Å². The van der Waals surface area contributed by atoms with Crippen LogP contribution in [0.3, 0.4) is 0 Å². The van der Waals surface area contributed by atoms with Crippen LogP contribution < -0.4 is 5.32 Å². The molecule has 5 nitrogen and oxygen atoms in total. The minimum atomic E-state index is -0.848. The molecule has 26 heavy (non-hydrogen) atoms. The summed E-state index contributed by atoms with van der Waals surface area (Å²) in [4.78, 5) is 24.9. The molecule has 0 saturated heterocycles. The van der Waals surface area contributed by atoms with Gasteiger partial charge < -0.3 is 10.4 Å². The van der Waals surface area contributed by atoms with Crippen LogP contribution in [0.1, 0.15) is 52.5 Å². The Balaban J connectivity index is 1.66. The molecule has 0 bridgehead atoms. The van der Waals surface area contributed by atoms with Gasteiger partial charge in [0.15, 0.2) is 0 Å². The average molecular weight is 352 g/mol. The van der Waals surface area contributed by atoms with E-state index in [9.17, 15) is 14.7 Å². The number of carbonyl (C=O) groups is 2. The van der Waals surface area contributed by atoms with Gasteiger partial charge in [0.2, 0.25) is 5.91 Å². The molecule has 136 valence electrons. The first kappa shape index (κ1) is 18.1. The summed E-state index contributed by atoms with van der Waals surface area (Å²) in [6.45, 7) is 5.93. The van der Waals surface area contributed by atoms with Crippen LogP contribution in [0.2, 0.25) is 0 Å². The van der Waals surface area contributed by atoms with E-state index in [1.54, 1.807) is 6.07 Å². The predicted octanol–water partition coefficient (Wildman–Crippen LogP) is 3.14. The first-order valence-electron chi connectivity index (χ1n) is 8.86. The fourth-order valence-corrected chi connectivity index (χ4v) is 3.56. The standard InChI is InChI=1S/C21H24N2O3/c1-14(22-15(2)24)17-8-6-16(7-9-17)12-23-11-10-19-18(13-23)4-3-5-20(19)21(25)26/h3-9,14H,10-13H2,1-2H3,(H,22,24)(H,25,26). The Bertz CT molecular complexity index is 815. The molecule has 1 amide bonds. The quantitative estimate of drug-likeness (QED) is 0.867. The van der Waals surface area contributed by atoms with Crippen LogP contribution in [0.4, 0.5) is 0 Å². The molecular weight excluding hydrogens is 328 g/mol. The molecule has 1 heterocycles. The zero-order valence-electron chi connectivity index (χ0n) is 15.2. The van der Waals surface area contributed by atoms with E-state index in [0.29, 0.717) is 5.56 Å². The molecule has 0 spiro atoms. The SMILES string of the molecule is CC(=O)NC(C)c1ccc(CN2CCc3c(cccc3C(=O)O)C2)cc1. The maximum absolute atomic E-state index is 11.4. The molecule has 2 aromatic carbocycles. The summed E-state index contributed by atoms with van der Waals surface area (Å²) in [5, 5.41) is 12.2. The lowest BCUT2D eigenvalue weighted by Gasteiger charge is -2.29. The third-order valence-electron chi connectivity index (χ3n) is 4.88. The summed E-state index contributed by atoms with van der Waals surface area (Å²) in [6, 6.07) is 13.8. The normalized spacial score (nSPS) is 15.2. The van der Waals surface area contributed by atoms with Crippen molar-refractivity contribution in [3.63, 3.8) is 0 Å². The number of nitrogens with zero attached hydrogens (tertiary/aromatic N) is 1. The van der Waals surface area contributed by atoms with E-state index in [0.717, 1.165) is 42.7 Å². The Morgan fingerprint density at radius 3 is 2.58 bits per heavy atom. The zero-order valence-corrected chi connectivity index (χ0v) is 15.2. The summed E-state index contributed by atoms with van der Waals surface area (Å²) >= 11 is 0. The molecule has 2 N–H and O–H groups in total. The monoisotopic (exact) mass is 352 g/mol. The minimum Gasteiger partial charge on any atom is -0.478 e. The van der Waals surface area contributed by atoms with Crippen molar-refractivity contribution in [2.45, 2.75) is 39.4 Å². The smallest absolute Gasteiger partial charge is 0.335 e. The molecule has 1 unspecified atom stereocenters. The Morgan fingerprint density at radius 1 is 1.19 bits per heavy atom. The zero-order chi connectivity index (χ0) is 18.7. The predicted molar refractivity (Wildman–Crippen MR) is 99.9 cm³/mol. The van der Waals surface area contributed by atoms with Gasteiger partial charge in [-0.1, -0.05) is 36.4 Å². The van der Waals surface area contributed by atoms with Crippen LogP contribution in [-0.4, -0.2) is 28.4 Å². The molecule has 1 atom stereocenters. The minimum absolute atomic E-state index is 0.00199. The van der Waals surface area contributed by atoms with Gasteiger partial charge >= 0.3 is 5.97 Å². The van der Waals surface area contributed by atoms with Crippen LogP contribution in [0.25, 0.3) is 0 Å². The van der Waals surface area contributed by atoms with Crippen molar-refractivity contribution in [2.24, 2.45) is 0 Å². The molecule has 3 rings (SSSR count). The van der Waals surface area contributed by atoms with E-state index in [4.69, 9.17) is 0 Å². The van der Waals surface area contributed by atoms with Crippen molar-refractivity contribution >= 4 is 11.9 Å². The van der Waals surface area contributed by atoms with Gasteiger partial charge in [0.05, 0.1) is 11.6 Å². The molecule has 0 aromatic heterocycles. The summed E-state index contributed by atoms with van der Waals surface area (Å²) in [5.74, 6) is -0.881. The van der Waals surface area contributed by atoms with Crippen molar-refractivity contribution in [1.29, 1.82) is 0 Å². The van der Waals surface area contributed by atoms with Crippen molar-refractivity contribution in [1.82, 2.24) is 10.2 Å². The van der Waals surface area contributed by atoms with Gasteiger partial charge in [0.25, 0.3) is 0 Å². The maximum atomic E-state index is 11.4. The van der Waals surface area contributed by atoms with Crippen LogP contribution in [0, 0.1) is 0 Å². The lowest BCUT2D eigenvalue weighted by atomic mass is 9.94. The van der Waals surface area contributed by atoms with E-state index in [1.165, 1.54) is 12.5 Å². The van der Waals surface area contributed by atoms with Crippen LogP contribution >= 0.6 is 0 Å². The third kappa shape index (κ3) is 4.11. The summed E-state index contributed by atoms with van der Waals surface area (Å²) in [7, 11) is 0. The molecule has 5 heteroatoms. The number of carboxylic acid groups (broad SMARTS) is 1. The summed E-state index contributed by atoms with van der Waals surface area (Å²) in [5.41, 5.74) is 4.79. The largest absolute Gasteiger partial charge is 0.478 e. The number of aromatic carboxylic acids is 1. The fraction of sp³-hybridized carbons (Fsp3) is 0.333. The Labute approximate surface area is 153 Å². The number of nitrogens with one attached hydrogen (secondary N) is 1. The van der Waals surface area contributed by atoms with Crippen LogP contribution in [0.5, 0.6) is 0 Å². The fourth-order valence-electron chi connectivity index (χ4n) is 3.56. The summed E-state index contributed by atoms with van der Waals surface area (Å²) < 4.78 is 0. The second-order valence-corrected chi connectivity index (χ2v) is 6.87. The summed E-state index contributed by atoms with van der Waals surface area (Å²) in [6.07, 6.45) is 0.759. The molecule has 2 aromatic rings. The Kier molecular flexibility index (Phi) is 5.38. The van der Waals surface area contributed by atoms with E-state index in [1.807, 2.05) is 19.1 Å². The number of carboxylic acids is 1. The highest BCUT2D eigenvalue weighted by Gasteiger charge is 2.21. The number of carbonyl (C=O) groups excluding carboxylic acids is 1. The Morgan fingerprint density at radius 2 is 1.92 bits per heavy atom. The lowest BCUT2D eigenvalue weighted by Crippen LogP contribution is -2.31. The van der Waals surface area contributed by atoms with E-state index < -0.39 is 5.97 Å². The van der Waals surface area contributed by atoms with Gasteiger partial charge in [0.1, 0.15) is 0 Å². The number of amides is 1. The highest BCUT2D eigenvalue weighted by atomic mass is 16.4. The van der Waals surface area contributed by atoms with Crippen LogP contribution in [-0.2, 0) is 24.3 Å². The second-order valence-electron chi connectivity index (χ2n) is 6.87. The second kappa shape index (κ2) is 7.70.